The van der Waals surface area contributed by atoms with Crippen LogP contribution in [0.5, 0.6) is 0 Å². The molecule has 1 aromatic heterocycles. The van der Waals surface area contributed by atoms with Crippen molar-refractivity contribution in [2.75, 3.05) is 32.8 Å². The van der Waals surface area contributed by atoms with Crippen molar-refractivity contribution in [3.63, 3.8) is 0 Å². The Kier molecular flexibility index (Phi) is 5.24. The number of thiophene rings is 1. The van der Waals surface area contributed by atoms with Gasteiger partial charge < -0.3 is 5.32 Å². The molecule has 8 nitrogen and oxygen atoms in total. The average Bonchev–Trinajstić information content (AvgIpc) is 3.30. The standard InChI is InChI=1S/C18H26N4O4S2/c1-14-5-2-3-7-18(14)16(23)22(17(24)19-18)13-20-8-10-21(11-9-20)28(25,26)15-6-4-12-27-15/h4,6,12,14H,2-3,5,7-11,13H2,1H3,(H,19,24)/t14-,18-/m1/s1. The van der Waals surface area contributed by atoms with Crippen LogP contribution >= 0.6 is 11.3 Å². The maximum absolute atomic E-state index is 13.1. The van der Waals surface area contributed by atoms with E-state index >= 15 is 0 Å². The number of carbonyl (C=O) groups excluding carboxylic acids is 2. The van der Waals surface area contributed by atoms with E-state index in [2.05, 4.69) is 5.32 Å². The molecule has 3 aliphatic rings. The van der Waals surface area contributed by atoms with E-state index in [4.69, 9.17) is 0 Å². The van der Waals surface area contributed by atoms with Crippen LogP contribution < -0.4 is 5.32 Å². The summed E-state index contributed by atoms with van der Waals surface area (Å²) in [6.45, 7) is 3.94. The minimum absolute atomic E-state index is 0.127. The quantitative estimate of drug-likeness (QED) is 0.737. The highest BCUT2D eigenvalue weighted by atomic mass is 32.2. The molecule has 1 spiro atoms. The van der Waals surface area contributed by atoms with Crippen molar-refractivity contribution in [3.8, 4) is 0 Å². The third-order valence-corrected chi connectivity index (χ3v) is 9.54. The first kappa shape index (κ1) is 19.8. The highest BCUT2D eigenvalue weighted by Gasteiger charge is 2.55. The maximum atomic E-state index is 13.1. The number of carbonyl (C=O) groups is 2. The number of sulfonamides is 1. The Balaban J connectivity index is 1.39. The van der Waals surface area contributed by atoms with Gasteiger partial charge in [0.25, 0.3) is 15.9 Å². The molecule has 3 fully saturated rings. The molecule has 0 unspecified atom stereocenters. The van der Waals surface area contributed by atoms with Crippen molar-refractivity contribution in [1.82, 2.24) is 19.4 Å². The van der Waals surface area contributed by atoms with Crippen molar-refractivity contribution < 1.29 is 18.0 Å². The fourth-order valence-electron chi connectivity index (χ4n) is 4.47. The second-order valence-electron chi connectivity index (χ2n) is 7.88. The largest absolute Gasteiger partial charge is 0.326 e. The number of imide groups is 1. The topological polar surface area (TPSA) is 90.0 Å². The van der Waals surface area contributed by atoms with Crippen molar-refractivity contribution in [2.24, 2.45) is 5.92 Å². The normalized spacial score (nSPS) is 30.2. The molecule has 1 aliphatic carbocycles. The molecule has 1 saturated carbocycles. The van der Waals surface area contributed by atoms with Crippen LogP contribution in [0.3, 0.4) is 0 Å². The third-order valence-electron chi connectivity index (χ3n) is 6.26. The molecule has 0 bridgehead atoms. The van der Waals surface area contributed by atoms with Crippen molar-refractivity contribution in [2.45, 2.75) is 42.4 Å². The summed E-state index contributed by atoms with van der Waals surface area (Å²) in [7, 11) is -3.46. The van der Waals surface area contributed by atoms with E-state index in [1.807, 2.05) is 11.8 Å². The molecule has 1 aromatic rings. The van der Waals surface area contributed by atoms with E-state index in [1.54, 1.807) is 17.5 Å². The van der Waals surface area contributed by atoms with Gasteiger partial charge in [-0.25, -0.2) is 18.1 Å². The summed E-state index contributed by atoms with van der Waals surface area (Å²) in [5, 5.41) is 4.72. The van der Waals surface area contributed by atoms with Crippen LogP contribution in [-0.4, -0.2) is 72.8 Å². The van der Waals surface area contributed by atoms with E-state index in [0.717, 1.165) is 19.3 Å². The first-order chi connectivity index (χ1) is 13.3. The lowest BCUT2D eigenvalue weighted by Crippen LogP contribution is -2.55. The molecule has 4 rings (SSSR count). The summed E-state index contributed by atoms with van der Waals surface area (Å²) in [6, 6.07) is 3.02. The van der Waals surface area contributed by atoms with Gasteiger partial charge in [0.05, 0.1) is 6.67 Å². The molecular formula is C18H26N4O4S2. The third kappa shape index (κ3) is 3.26. The predicted octanol–water partition coefficient (Wildman–Crippen LogP) is 1.51. The number of urea groups is 1. The molecule has 28 heavy (non-hydrogen) atoms. The number of hydrogen-bond donors (Lipinski definition) is 1. The summed E-state index contributed by atoms with van der Waals surface area (Å²) >= 11 is 1.21. The summed E-state index contributed by atoms with van der Waals surface area (Å²) in [5.74, 6) is 0.00817. The average molecular weight is 427 g/mol. The molecule has 0 aromatic carbocycles. The molecule has 10 heteroatoms. The number of hydrogen-bond acceptors (Lipinski definition) is 6. The van der Waals surface area contributed by atoms with Gasteiger partial charge in [-0.2, -0.15) is 4.31 Å². The molecular weight excluding hydrogens is 400 g/mol. The Morgan fingerprint density at radius 2 is 1.96 bits per heavy atom. The van der Waals surface area contributed by atoms with Gasteiger partial charge >= 0.3 is 6.03 Å². The van der Waals surface area contributed by atoms with Crippen LogP contribution in [0.2, 0.25) is 0 Å². The van der Waals surface area contributed by atoms with Crippen molar-refractivity contribution >= 4 is 33.3 Å². The zero-order valence-electron chi connectivity index (χ0n) is 16.0. The van der Waals surface area contributed by atoms with Crippen LogP contribution in [0, 0.1) is 5.92 Å². The number of piperazine rings is 1. The van der Waals surface area contributed by atoms with Gasteiger partial charge in [-0.1, -0.05) is 25.8 Å². The lowest BCUT2D eigenvalue weighted by molar-refractivity contribution is -0.135. The van der Waals surface area contributed by atoms with Gasteiger partial charge in [0, 0.05) is 26.2 Å². The zero-order chi connectivity index (χ0) is 19.9. The van der Waals surface area contributed by atoms with Crippen LogP contribution in [0.15, 0.2) is 21.7 Å². The van der Waals surface area contributed by atoms with Crippen LogP contribution in [0.25, 0.3) is 0 Å². The Morgan fingerprint density at radius 1 is 1.21 bits per heavy atom. The lowest BCUT2D eigenvalue weighted by atomic mass is 9.73. The Bertz CT molecular complexity index is 849. The number of nitrogens with one attached hydrogen (secondary N) is 1. The first-order valence-corrected chi connectivity index (χ1v) is 12.1. The summed E-state index contributed by atoms with van der Waals surface area (Å²) in [6.07, 6.45) is 3.68. The van der Waals surface area contributed by atoms with E-state index in [9.17, 15) is 18.0 Å². The first-order valence-electron chi connectivity index (χ1n) is 9.75. The van der Waals surface area contributed by atoms with Gasteiger partial charge in [-0.05, 0) is 30.2 Å². The van der Waals surface area contributed by atoms with E-state index in [1.165, 1.54) is 20.5 Å². The molecule has 2 atom stereocenters. The second-order valence-corrected chi connectivity index (χ2v) is 11.0. The zero-order valence-corrected chi connectivity index (χ0v) is 17.6. The van der Waals surface area contributed by atoms with Crippen LogP contribution in [-0.2, 0) is 14.8 Å². The van der Waals surface area contributed by atoms with Gasteiger partial charge in [-0.3, -0.25) is 9.69 Å². The maximum Gasteiger partial charge on any atom is 0.326 e. The summed E-state index contributed by atoms with van der Waals surface area (Å²) < 4.78 is 27.1. The fraction of sp³-hybridized carbons (Fsp3) is 0.667. The smallest absolute Gasteiger partial charge is 0.323 e. The summed E-state index contributed by atoms with van der Waals surface area (Å²) in [4.78, 5) is 28.9. The summed E-state index contributed by atoms with van der Waals surface area (Å²) in [5.41, 5.74) is -0.750. The fourth-order valence-corrected chi connectivity index (χ4v) is 7.04. The van der Waals surface area contributed by atoms with Crippen LogP contribution in [0.1, 0.15) is 32.6 Å². The van der Waals surface area contributed by atoms with Gasteiger partial charge in [-0.15, -0.1) is 11.3 Å². The highest BCUT2D eigenvalue weighted by molar-refractivity contribution is 7.91. The van der Waals surface area contributed by atoms with Crippen molar-refractivity contribution in [3.05, 3.63) is 17.5 Å². The minimum atomic E-state index is -3.46. The Labute approximate surface area is 169 Å². The number of nitrogens with zero attached hydrogens (tertiary/aromatic N) is 3. The van der Waals surface area contributed by atoms with E-state index in [0.29, 0.717) is 36.8 Å². The molecule has 2 aliphatic heterocycles. The van der Waals surface area contributed by atoms with Crippen LogP contribution in [0.4, 0.5) is 4.79 Å². The molecule has 3 heterocycles. The number of rotatable bonds is 4. The van der Waals surface area contributed by atoms with E-state index < -0.39 is 15.6 Å². The van der Waals surface area contributed by atoms with Gasteiger partial charge in [0.15, 0.2) is 0 Å². The van der Waals surface area contributed by atoms with Gasteiger partial charge in [0.2, 0.25) is 0 Å². The molecule has 3 amide bonds. The van der Waals surface area contributed by atoms with Crippen molar-refractivity contribution in [1.29, 1.82) is 0 Å². The monoisotopic (exact) mass is 426 g/mol. The van der Waals surface area contributed by atoms with E-state index in [-0.39, 0.29) is 24.5 Å². The molecule has 154 valence electrons. The number of amides is 3. The molecule has 0 radical (unpaired) electrons. The predicted molar refractivity (Wildman–Crippen MR) is 105 cm³/mol. The SMILES string of the molecule is C[C@@H]1CCCC[C@@]12NC(=O)N(CN1CCN(S(=O)(=O)c3cccs3)CC1)C2=O. The highest BCUT2D eigenvalue weighted by Crippen LogP contribution is 2.38. The van der Waals surface area contributed by atoms with Gasteiger partial charge in [0.1, 0.15) is 9.75 Å². The molecule has 1 N–H and O–H groups in total. The Morgan fingerprint density at radius 3 is 2.61 bits per heavy atom. The minimum Gasteiger partial charge on any atom is -0.323 e. The lowest BCUT2D eigenvalue weighted by Gasteiger charge is -2.38. The second kappa shape index (κ2) is 7.40. The molecule has 2 saturated heterocycles. The Hall–Kier alpha value is -1.49.